The summed E-state index contributed by atoms with van der Waals surface area (Å²) >= 11 is 6.44. The minimum atomic E-state index is -0.553. The van der Waals surface area contributed by atoms with Crippen molar-refractivity contribution in [3.63, 3.8) is 0 Å². The maximum Gasteiger partial charge on any atom is 0.155 e. The first-order valence-corrected chi connectivity index (χ1v) is 12.8. The van der Waals surface area contributed by atoms with E-state index < -0.39 is 12.1 Å². The summed E-state index contributed by atoms with van der Waals surface area (Å²) in [6.45, 7) is 0. The number of para-hydroxylation sites is 3. The van der Waals surface area contributed by atoms with Crippen molar-refractivity contribution < 1.29 is 4.74 Å². The van der Waals surface area contributed by atoms with Crippen LogP contribution < -0.4 is 9.64 Å². The summed E-state index contributed by atoms with van der Waals surface area (Å²) in [5.41, 5.74) is 6.17. The quantitative estimate of drug-likeness (QED) is 0.237. The SMILES string of the molecule is CN(C)c1ccc(C2Oc3ccccc3N=C(c3c[nH]c4ccccc34)C2N=Nc2ccccc2Cl)cc1. The minimum Gasteiger partial charge on any atom is -0.481 e. The molecule has 0 saturated heterocycles. The second-order valence-electron chi connectivity index (χ2n) is 9.35. The van der Waals surface area contributed by atoms with Crippen molar-refractivity contribution >= 4 is 45.3 Å². The molecule has 1 aromatic heterocycles. The highest BCUT2D eigenvalue weighted by Gasteiger charge is 2.35. The van der Waals surface area contributed by atoms with E-state index in [1.165, 1.54) is 0 Å². The number of azo groups is 1. The van der Waals surface area contributed by atoms with Gasteiger partial charge in [-0.25, -0.2) is 4.99 Å². The molecule has 6 rings (SSSR count). The molecule has 7 heteroatoms. The Hall–Kier alpha value is -4.42. The Balaban J connectivity index is 1.56. The van der Waals surface area contributed by atoms with E-state index in [-0.39, 0.29) is 0 Å². The molecule has 0 aliphatic carbocycles. The Morgan fingerprint density at radius 3 is 2.42 bits per heavy atom. The van der Waals surface area contributed by atoms with Crippen LogP contribution in [0.25, 0.3) is 10.9 Å². The summed E-state index contributed by atoms with van der Waals surface area (Å²) in [5.74, 6) is 0.696. The van der Waals surface area contributed by atoms with Crippen molar-refractivity contribution in [3.05, 3.63) is 119 Å². The number of rotatable bonds is 5. The van der Waals surface area contributed by atoms with E-state index in [9.17, 15) is 0 Å². The lowest BCUT2D eigenvalue weighted by Gasteiger charge is -2.24. The average Bonchev–Trinajstić information content (AvgIpc) is 3.30. The van der Waals surface area contributed by atoms with Crippen LogP contribution in [-0.4, -0.2) is 30.8 Å². The lowest BCUT2D eigenvalue weighted by molar-refractivity contribution is 0.198. The molecule has 0 saturated carbocycles. The van der Waals surface area contributed by atoms with Gasteiger partial charge in [0.1, 0.15) is 17.1 Å². The standard InChI is InChI=1S/C31H26ClN5O/c1-37(2)21-17-15-20(16-18-21)31-30(36-35-26-12-6-4-10-24(26)32)29(34-27-13-7-8-14-28(27)38-31)23-19-33-25-11-5-3-9-22(23)25/h3-19,30-31,33H,1-2H3. The first-order valence-electron chi connectivity index (χ1n) is 12.4. The number of halogens is 1. The largest absolute Gasteiger partial charge is 0.481 e. The molecule has 188 valence electrons. The second-order valence-corrected chi connectivity index (χ2v) is 9.76. The zero-order valence-corrected chi connectivity index (χ0v) is 21.8. The molecule has 0 spiro atoms. The maximum atomic E-state index is 6.69. The Bertz CT molecular complexity index is 1650. The number of ether oxygens (including phenoxy) is 1. The van der Waals surface area contributed by atoms with E-state index in [0.29, 0.717) is 16.5 Å². The Kier molecular flexibility index (Phi) is 6.40. The van der Waals surface area contributed by atoms with Crippen LogP contribution in [-0.2, 0) is 0 Å². The summed E-state index contributed by atoms with van der Waals surface area (Å²) < 4.78 is 6.69. The first-order chi connectivity index (χ1) is 18.6. The van der Waals surface area contributed by atoms with Crippen LogP contribution in [0.1, 0.15) is 17.2 Å². The predicted molar refractivity (Wildman–Crippen MR) is 155 cm³/mol. The van der Waals surface area contributed by atoms with Crippen LogP contribution in [0.3, 0.4) is 0 Å². The highest BCUT2D eigenvalue weighted by Crippen LogP contribution is 2.40. The van der Waals surface area contributed by atoms with Crippen LogP contribution in [0.5, 0.6) is 5.75 Å². The third-order valence-corrected chi connectivity index (χ3v) is 6.99. The van der Waals surface area contributed by atoms with Crippen LogP contribution >= 0.6 is 11.6 Å². The van der Waals surface area contributed by atoms with Gasteiger partial charge in [-0.1, -0.05) is 66.2 Å². The van der Waals surface area contributed by atoms with Crippen molar-refractivity contribution in [3.8, 4) is 5.75 Å². The Morgan fingerprint density at radius 2 is 1.61 bits per heavy atom. The molecule has 2 atom stereocenters. The lowest BCUT2D eigenvalue weighted by atomic mass is 9.94. The molecule has 6 nitrogen and oxygen atoms in total. The van der Waals surface area contributed by atoms with E-state index in [0.717, 1.165) is 39.1 Å². The third kappa shape index (κ3) is 4.55. The summed E-state index contributed by atoms with van der Waals surface area (Å²) in [6.07, 6.45) is 1.51. The molecule has 2 heterocycles. The van der Waals surface area contributed by atoms with Crippen LogP contribution in [0.15, 0.2) is 118 Å². The van der Waals surface area contributed by atoms with E-state index >= 15 is 0 Å². The van der Waals surface area contributed by atoms with Crippen molar-refractivity contribution in [2.24, 2.45) is 15.2 Å². The van der Waals surface area contributed by atoms with Crippen LogP contribution in [0.4, 0.5) is 17.1 Å². The molecule has 1 aliphatic rings. The van der Waals surface area contributed by atoms with Crippen molar-refractivity contribution in [1.29, 1.82) is 0 Å². The molecule has 0 amide bonds. The summed E-state index contributed by atoms with van der Waals surface area (Å²) in [7, 11) is 4.05. The first kappa shape index (κ1) is 23.9. The number of aromatic amines is 1. The summed E-state index contributed by atoms with van der Waals surface area (Å²) in [4.78, 5) is 10.6. The number of aliphatic imine (C=N–C) groups is 1. The van der Waals surface area contributed by atoms with Gasteiger partial charge in [0.2, 0.25) is 0 Å². The molecule has 1 N–H and O–H groups in total. The molecule has 0 fully saturated rings. The van der Waals surface area contributed by atoms with Gasteiger partial charge >= 0.3 is 0 Å². The highest BCUT2D eigenvalue weighted by molar-refractivity contribution is 6.32. The topological polar surface area (TPSA) is 65.3 Å². The smallest absolute Gasteiger partial charge is 0.155 e. The fourth-order valence-electron chi connectivity index (χ4n) is 4.68. The summed E-state index contributed by atoms with van der Waals surface area (Å²) in [5, 5.41) is 11.1. The highest BCUT2D eigenvalue weighted by atomic mass is 35.5. The molecule has 38 heavy (non-hydrogen) atoms. The van der Waals surface area contributed by atoms with Gasteiger partial charge in [-0.15, -0.1) is 0 Å². The zero-order valence-electron chi connectivity index (χ0n) is 21.0. The number of benzene rings is 4. The normalized spacial score (nSPS) is 17.1. The van der Waals surface area contributed by atoms with Gasteiger partial charge in [-0.05, 0) is 48.0 Å². The number of hydrogen-bond acceptors (Lipinski definition) is 5. The van der Waals surface area contributed by atoms with Crippen LogP contribution in [0, 0.1) is 0 Å². The van der Waals surface area contributed by atoms with Gasteiger partial charge in [-0.3, -0.25) is 0 Å². The molecule has 5 aromatic rings. The average molecular weight is 520 g/mol. The number of anilines is 1. The van der Waals surface area contributed by atoms with Crippen molar-refractivity contribution in [1.82, 2.24) is 4.98 Å². The van der Waals surface area contributed by atoms with Crippen LogP contribution in [0.2, 0.25) is 5.02 Å². The maximum absolute atomic E-state index is 6.69. The van der Waals surface area contributed by atoms with E-state index in [1.54, 1.807) is 0 Å². The van der Waals surface area contributed by atoms with E-state index in [1.807, 2.05) is 81.0 Å². The van der Waals surface area contributed by atoms with Gasteiger partial charge in [0.15, 0.2) is 12.1 Å². The number of H-pyrrole nitrogens is 1. The Morgan fingerprint density at radius 1 is 0.868 bits per heavy atom. The van der Waals surface area contributed by atoms with Gasteiger partial charge in [0, 0.05) is 42.4 Å². The molecular formula is C31H26ClN5O. The second kappa shape index (κ2) is 10.1. The fourth-order valence-corrected chi connectivity index (χ4v) is 4.85. The third-order valence-electron chi connectivity index (χ3n) is 6.67. The van der Waals surface area contributed by atoms with Gasteiger partial charge in [0.25, 0.3) is 0 Å². The number of fused-ring (bicyclic) bond motifs is 2. The summed E-state index contributed by atoms with van der Waals surface area (Å²) in [6, 6.07) is 31.2. The molecule has 0 bridgehead atoms. The lowest BCUT2D eigenvalue weighted by Crippen LogP contribution is -2.29. The van der Waals surface area contributed by atoms with E-state index in [2.05, 4.69) is 51.4 Å². The number of aromatic nitrogens is 1. The number of nitrogens with zero attached hydrogens (tertiary/aromatic N) is 4. The monoisotopic (exact) mass is 519 g/mol. The van der Waals surface area contributed by atoms with Crippen molar-refractivity contribution in [2.75, 3.05) is 19.0 Å². The minimum absolute atomic E-state index is 0.478. The molecular weight excluding hydrogens is 494 g/mol. The van der Waals surface area contributed by atoms with E-state index in [4.69, 9.17) is 26.4 Å². The molecule has 1 aliphatic heterocycles. The van der Waals surface area contributed by atoms with Gasteiger partial charge in [-0.2, -0.15) is 10.2 Å². The molecule has 4 aromatic carbocycles. The predicted octanol–water partition coefficient (Wildman–Crippen LogP) is 8.29. The molecule has 2 unspecified atom stereocenters. The number of nitrogens with one attached hydrogen (secondary N) is 1. The Labute approximate surface area is 226 Å². The zero-order chi connectivity index (χ0) is 26.1. The molecule has 0 radical (unpaired) electrons. The van der Waals surface area contributed by atoms with Gasteiger partial charge < -0.3 is 14.6 Å². The van der Waals surface area contributed by atoms with Gasteiger partial charge in [0.05, 0.1) is 10.7 Å². The number of hydrogen-bond donors (Lipinski definition) is 1. The van der Waals surface area contributed by atoms with Crippen molar-refractivity contribution in [2.45, 2.75) is 12.1 Å². The fraction of sp³-hybridized carbons (Fsp3) is 0.129.